The van der Waals surface area contributed by atoms with E-state index in [2.05, 4.69) is 15.5 Å². The van der Waals surface area contributed by atoms with E-state index in [1.165, 1.54) is 6.42 Å². The van der Waals surface area contributed by atoms with Gasteiger partial charge in [-0.15, -0.1) is 0 Å². The van der Waals surface area contributed by atoms with E-state index < -0.39 is 0 Å². The quantitative estimate of drug-likeness (QED) is 0.724. The van der Waals surface area contributed by atoms with Crippen LogP contribution in [0.5, 0.6) is 0 Å². The van der Waals surface area contributed by atoms with Crippen LogP contribution in [0.25, 0.3) is 0 Å². The predicted octanol–water partition coefficient (Wildman–Crippen LogP) is -0.227. The minimum Gasteiger partial charge on any atom is -0.340 e. The molecule has 0 saturated carbocycles. The first-order valence-electron chi connectivity index (χ1n) is 5.82. The standard InChI is InChI=1S/C11H16N4O/c16-11(5-9-2-4-13-14-9)15-6-8-1-3-12-10(8)7-15/h2,4,8,10,12H,1,3,5-7H2,(H,13,14)/t8-,10+/m0/s1. The van der Waals surface area contributed by atoms with Crippen molar-refractivity contribution >= 4 is 5.91 Å². The zero-order chi connectivity index (χ0) is 11.0. The minimum absolute atomic E-state index is 0.209. The van der Waals surface area contributed by atoms with Gasteiger partial charge in [0.05, 0.1) is 6.42 Å². The van der Waals surface area contributed by atoms with Crippen molar-refractivity contribution < 1.29 is 4.79 Å². The lowest BCUT2D eigenvalue weighted by atomic mass is 10.1. The Balaban J connectivity index is 1.60. The van der Waals surface area contributed by atoms with Gasteiger partial charge >= 0.3 is 0 Å². The number of carbonyl (C=O) groups excluding carboxylic acids is 1. The highest BCUT2D eigenvalue weighted by Gasteiger charge is 2.37. The molecule has 0 radical (unpaired) electrons. The maximum absolute atomic E-state index is 12.0. The fraction of sp³-hybridized carbons (Fsp3) is 0.636. The minimum atomic E-state index is 0.209. The Morgan fingerprint density at radius 3 is 3.25 bits per heavy atom. The molecule has 1 amide bonds. The molecule has 1 aromatic rings. The number of hydrogen-bond acceptors (Lipinski definition) is 3. The molecule has 2 atom stereocenters. The van der Waals surface area contributed by atoms with E-state index >= 15 is 0 Å². The van der Waals surface area contributed by atoms with Gasteiger partial charge in [-0.3, -0.25) is 9.89 Å². The topological polar surface area (TPSA) is 61.0 Å². The molecule has 0 aromatic carbocycles. The molecule has 5 heteroatoms. The lowest BCUT2D eigenvalue weighted by Gasteiger charge is -2.16. The number of H-pyrrole nitrogens is 1. The molecule has 2 aliphatic heterocycles. The van der Waals surface area contributed by atoms with E-state index in [1.54, 1.807) is 6.20 Å². The van der Waals surface area contributed by atoms with Gasteiger partial charge in [0.15, 0.2) is 0 Å². The van der Waals surface area contributed by atoms with Crippen LogP contribution < -0.4 is 5.32 Å². The van der Waals surface area contributed by atoms with Crippen molar-refractivity contribution in [3.8, 4) is 0 Å². The smallest absolute Gasteiger partial charge is 0.228 e. The van der Waals surface area contributed by atoms with Gasteiger partial charge in [-0.05, 0) is 24.9 Å². The first kappa shape index (κ1) is 9.84. The molecular weight excluding hydrogens is 204 g/mol. The molecule has 2 saturated heterocycles. The Morgan fingerprint density at radius 1 is 1.56 bits per heavy atom. The molecule has 2 fully saturated rings. The molecular formula is C11H16N4O. The highest BCUT2D eigenvalue weighted by molar-refractivity contribution is 5.78. The maximum Gasteiger partial charge on any atom is 0.228 e. The molecule has 0 unspecified atom stereocenters. The van der Waals surface area contributed by atoms with Gasteiger partial charge in [-0.1, -0.05) is 0 Å². The summed E-state index contributed by atoms with van der Waals surface area (Å²) in [6.45, 7) is 2.90. The lowest BCUT2D eigenvalue weighted by molar-refractivity contribution is -0.129. The van der Waals surface area contributed by atoms with Gasteiger partial charge in [-0.25, -0.2) is 0 Å². The first-order valence-corrected chi connectivity index (χ1v) is 5.82. The third-order valence-electron chi connectivity index (χ3n) is 3.62. The molecule has 0 spiro atoms. The summed E-state index contributed by atoms with van der Waals surface area (Å²) in [6, 6.07) is 2.39. The third kappa shape index (κ3) is 1.71. The van der Waals surface area contributed by atoms with Gasteiger partial charge in [0.2, 0.25) is 5.91 Å². The Hall–Kier alpha value is -1.36. The van der Waals surface area contributed by atoms with Gasteiger partial charge in [-0.2, -0.15) is 5.10 Å². The van der Waals surface area contributed by atoms with E-state index in [0.717, 1.165) is 25.3 Å². The predicted molar refractivity (Wildman–Crippen MR) is 58.8 cm³/mol. The summed E-state index contributed by atoms with van der Waals surface area (Å²) in [5.74, 6) is 0.881. The maximum atomic E-state index is 12.0. The van der Waals surface area contributed by atoms with Gasteiger partial charge in [0, 0.05) is 31.0 Å². The molecule has 2 N–H and O–H groups in total. The number of amides is 1. The van der Waals surface area contributed by atoms with Crippen molar-refractivity contribution in [3.05, 3.63) is 18.0 Å². The van der Waals surface area contributed by atoms with Crippen LogP contribution in [0.2, 0.25) is 0 Å². The third-order valence-corrected chi connectivity index (χ3v) is 3.62. The first-order chi connectivity index (χ1) is 7.83. The number of likely N-dealkylation sites (tertiary alicyclic amines) is 1. The summed E-state index contributed by atoms with van der Waals surface area (Å²) in [4.78, 5) is 14.0. The molecule has 0 aliphatic carbocycles. The van der Waals surface area contributed by atoms with Crippen molar-refractivity contribution in [2.75, 3.05) is 19.6 Å². The second-order valence-electron chi connectivity index (χ2n) is 4.67. The monoisotopic (exact) mass is 220 g/mol. The van der Waals surface area contributed by atoms with Crippen molar-refractivity contribution in [1.29, 1.82) is 0 Å². The Kier molecular flexibility index (Phi) is 2.40. The number of nitrogens with one attached hydrogen (secondary N) is 2. The number of hydrogen-bond donors (Lipinski definition) is 2. The van der Waals surface area contributed by atoms with E-state index in [4.69, 9.17) is 0 Å². The van der Waals surface area contributed by atoms with Crippen LogP contribution in [-0.2, 0) is 11.2 Å². The molecule has 0 bridgehead atoms. The SMILES string of the molecule is O=C(Cc1ccn[nH]1)N1C[C@@H]2CCN[C@@H]2C1. The van der Waals surface area contributed by atoms with Crippen LogP contribution in [0.15, 0.2) is 12.3 Å². The zero-order valence-corrected chi connectivity index (χ0v) is 9.15. The van der Waals surface area contributed by atoms with Crippen LogP contribution in [-0.4, -0.2) is 46.7 Å². The fourth-order valence-electron chi connectivity index (χ4n) is 2.71. The molecule has 1 aromatic heterocycles. The zero-order valence-electron chi connectivity index (χ0n) is 9.15. The number of nitrogens with zero attached hydrogens (tertiary/aromatic N) is 2. The Morgan fingerprint density at radius 2 is 2.50 bits per heavy atom. The van der Waals surface area contributed by atoms with Crippen molar-refractivity contribution in [1.82, 2.24) is 20.4 Å². The van der Waals surface area contributed by atoms with Crippen LogP contribution in [0, 0.1) is 5.92 Å². The molecule has 2 aliphatic rings. The molecule has 5 nitrogen and oxygen atoms in total. The largest absolute Gasteiger partial charge is 0.340 e. The van der Waals surface area contributed by atoms with Crippen molar-refractivity contribution in [3.63, 3.8) is 0 Å². The second-order valence-corrected chi connectivity index (χ2v) is 4.67. The van der Waals surface area contributed by atoms with Crippen LogP contribution >= 0.6 is 0 Å². The number of aromatic amines is 1. The van der Waals surface area contributed by atoms with Crippen LogP contribution in [0.4, 0.5) is 0 Å². The normalized spacial score (nSPS) is 28.4. The number of rotatable bonds is 2. The van der Waals surface area contributed by atoms with Crippen LogP contribution in [0.3, 0.4) is 0 Å². The molecule has 3 heterocycles. The number of carbonyl (C=O) groups is 1. The number of fused-ring (bicyclic) bond motifs is 1. The summed E-state index contributed by atoms with van der Waals surface area (Å²) in [5.41, 5.74) is 0.898. The van der Waals surface area contributed by atoms with E-state index in [9.17, 15) is 4.79 Å². The Bertz CT molecular complexity index is 363. The second kappa shape index (κ2) is 3.90. The average Bonchev–Trinajstić information content (AvgIpc) is 2.91. The van der Waals surface area contributed by atoms with Crippen molar-refractivity contribution in [2.45, 2.75) is 18.9 Å². The molecule has 3 rings (SSSR count). The van der Waals surface area contributed by atoms with E-state index in [1.807, 2.05) is 11.0 Å². The van der Waals surface area contributed by atoms with Crippen molar-refractivity contribution in [2.24, 2.45) is 5.92 Å². The van der Waals surface area contributed by atoms with Gasteiger partial charge in [0.25, 0.3) is 0 Å². The van der Waals surface area contributed by atoms with E-state index in [0.29, 0.717) is 18.4 Å². The summed E-state index contributed by atoms with van der Waals surface area (Å²) >= 11 is 0. The highest BCUT2D eigenvalue weighted by Crippen LogP contribution is 2.24. The number of aromatic nitrogens is 2. The summed E-state index contributed by atoms with van der Waals surface area (Å²) in [7, 11) is 0. The highest BCUT2D eigenvalue weighted by atomic mass is 16.2. The summed E-state index contributed by atoms with van der Waals surface area (Å²) in [5, 5.41) is 10.1. The summed E-state index contributed by atoms with van der Waals surface area (Å²) < 4.78 is 0. The molecule has 16 heavy (non-hydrogen) atoms. The lowest BCUT2D eigenvalue weighted by Crippen LogP contribution is -2.34. The Labute approximate surface area is 94.2 Å². The van der Waals surface area contributed by atoms with Gasteiger partial charge < -0.3 is 10.2 Å². The van der Waals surface area contributed by atoms with Crippen LogP contribution in [0.1, 0.15) is 12.1 Å². The fourth-order valence-corrected chi connectivity index (χ4v) is 2.71. The van der Waals surface area contributed by atoms with E-state index in [-0.39, 0.29) is 5.91 Å². The average molecular weight is 220 g/mol. The van der Waals surface area contributed by atoms with Gasteiger partial charge in [0.1, 0.15) is 0 Å². The summed E-state index contributed by atoms with van der Waals surface area (Å²) in [6.07, 6.45) is 3.33. The molecule has 86 valence electrons.